The van der Waals surface area contributed by atoms with Gasteiger partial charge in [0.05, 0.1) is 12.4 Å². The Kier molecular flexibility index (Phi) is 5.32. The number of ether oxygens (including phenoxy) is 1. The first-order valence-electron chi connectivity index (χ1n) is 7.19. The number of hydrogen-bond donors (Lipinski definition) is 3. The third-order valence-electron chi connectivity index (χ3n) is 3.68. The lowest BCUT2D eigenvalue weighted by atomic mass is 9.80. The molecule has 1 unspecified atom stereocenters. The lowest BCUT2D eigenvalue weighted by molar-refractivity contribution is -0.142. The van der Waals surface area contributed by atoms with Crippen LogP contribution in [-0.2, 0) is 20.7 Å². The van der Waals surface area contributed by atoms with E-state index in [4.69, 9.17) is 9.84 Å². The second kappa shape index (κ2) is 7.21. The Morgan fingerprint density at radius 3 is 2.90 bits per heavy atom. The molecule has 0 saturated heterocycles. The molecule has 0 aromatic carbocycles. The van der Waals surface area contributed by atoms with Crippen molar-refractivity contribution in [3.63, 3.8) is 0 Å². The van der Waals surface area contributed by atoms with Gasteiger partial charge < -0.3 is 20.1 Å². The van der Waals surface area contributed by atoms with Gasteiger partial charge in [-0.05, 0) is 25.7 Å². The molecular weight excluding hydrogens is 274 g/mol. The average molecular weight is 295 g/mol. The Labute approximate surface area is 123 Å². The van der Waals surface area contributed by atoms with E-state index in [1.165, 1.54) is 6.33 Å². The highest BCUT2D eigenvalue weighted by atomic mass is 16.5. The fourth-order valence-corrected chi connectivity index (χ4v) is 2.54. The molecule has 7 heteroatoms. The molecule has 2 rings (SSSR count). The van der Waals surface area contributed by atoms with Crippen molar-refractivity contribution in [1.82, 2.24) is 15.3 Å². The van der Waals surface area contributed by atoms with Gasteiger partial charge in [0, 0.05) is 31.3 Å². The van der Waals surface area contributed by atoms with Gasteiger partial charge in [0.15, 0.2) is 0 Å². The predicted octanol–water partition coefficient (Wildman–Crippen LogP) is 0.727. The number of nitrogens with one attached hydrogen (secondary N) is 2. The van der Waals surface area contributed by atoms with Gasteiger partial charge in [-0.1, -0.05) is 0 Å². The smallest absolute Gasteiger partial charge is 0.326 e. The molecule has 0 radical (unpaired) electrons. The molecule has 7 nitrogen and oxygen atoms in total. The molecule has 1 aromatic heterocycles. The summed E-state index contributed by atoms with van der Waals surface area (Å²) in [6, 6.07) is -0.930. The maximum Gasteiger partial charge on any atom is 0.326 e. The molecule has 0 aliphatic heterocycles. The molecule has 1 saturated carbocycles. The van der Waals surface area contributed by atoms with Crippen LogP contribution >= 0.6 is 0 Å². The minimum atomic E-state index is -1.04. The third-order valence-corrected chi connectivity index (χ3v) is 3.68. The van der Waals surface area contributed by atoms with Crippen molar-refractivity contribution < 1.29 is 19.4 Å². The maximum absolute atomic E-state index is 11.9. The zero-order valence-corrected chi connectivity index (χ0v) is 12.0. The zero-order valence-electron chi connectivity index (χ0n) is 12.0. The van der Waals surface area contributed by atoms with E-state index in [-0.39, 0.29) is 18.4 Å². The lowest BCUT2D eigenvalue weighted by Gasteiger charge is -2.34. The van der Waals surface area contributed by atoms with Crippen LogP contribution in [0.4, 0.5) is 0 Å². The Morgan fingerprint density at radius 2 is 2.33 bits per heavy atom. The first-order chi connectivity index (χ1) is 10.1. The topological polar surface area (TPSA) is 104 Å². The molecule has 0 spiro atoms. The van der Waals surface area contributed by atoms with Gasteiger partial charge in [0.1, 0.15) is 6.04 Å². The number of carbonyl (C=O) groups is 2. The number of amides is 1. The summed E-state index contributed by atoms with van der Waals surface area (Å²) >= 11 is 0. The first kappa shape index (κ1) is 15.5. The van der Waals surface area contributed by atoms with Crippen molar-refractivity contribution >= 4 is 11.9 Å². The number of rotatable bonds is 8. The standard InChI is InChI=1S/C14H21N3O4/c1-2-21-11-3-9(4-11)5-13(18)17-12(14(19)20)6-10-7-15-8-16-10/h7-9,11-12H,2-6H2,1H3,(H,15,16)(H,17,18)(H,19,20). The van der Waals surface area contributed by atoms with Crippen molar-refractivity contribution in [3.8, 4) is 0 Å². The van der Waals surface area contributed by atoms with E-state index in [2.05, 4.69) is 15.3 Å². The van der Waals surface area contributed by atoms with Crippen LogP contribution in [0.2, 0.25) is 0 Å². The Hall–Kier alpha value is -1.89. The molecule has 1 aromatic rings. The van der Waals surface area contributed by atoms with E-state index in [9.17, 15) is 9.59 Å². The molecule has 3 N–H and O–H groups in total. The second-order valence-electron chi connectivity index (χ2n) is 5.36. The van der Waals surface area contributed by atoms with Gasteiger partial charge in [-0.15, -0.1) is 0 Å². The summed E-state index contributed by atoms with van der Waals surface area (Å²) in [6.45, 7) is 2.64. The van der Waals surface area contributed by atoms with Crippen LogP contribution in [0.25, 0.3) is 0 Å². The lowest BCUT2D eigenvalue weighted by Crippen LogP contribution is -2.44. The largest absolute Gasteiger partial charge is 0.480 e. The molecule has 1 amide bonds. The molecule has 1 aliphatic rings. The molecule has 1 fully saturated rings. The van der Waals surface area contributed by atoms with E-state index in [0.717, 1.165) is 12.8 Å². The van der Waals surface area contributed by atoms with Crippen LogP contribution in [0.3, 0.4) is 0 Å². The van der Waals surface area contributed by atoms with E-state index < -0.39 is 12.0 Å². The minimum absolute atomic E-state index is 0.202. The van der Waals surface area contributed by atoms with Crippen molar-refractivity contribution in [1.29, 1.82) is 0 Å². The van der Waals surface area contributed by atoms with E-state index in [1.807, 2.05) is 6.92 Å². The number of H-pyrrole nitrogens is 1. The van der Waals surface area contributed by atoms with Crippen molar-refractivity contribution in [2.45, 2.75) is 44.8 Å². The predicted molar refractivity (Wildman–Crippen MR) is 74.6 cm³/mol. The monoisotopic (exact) mass is 295 g/mol. The van der Waals surface area contributed by atoms with E-state index >= 15 is 0 Å². The molecular formula is C14H21N3O4. The number of aromatic nitrogens is 2. The SMILES string of the molecule is CCOC1CC(CC(=O)NC(Cc2cnc[nH]2)C(=O)O)C1. The summed E-state index contributed by atoms with van der Waals surface area (Å²) in [6.07, 6.45) is 5.61. The molecule has 1 heterocycles. The van der Waals surface area contributed by atoms with Gasteiger partial charge in [-0.2, -0.15) is 0 Å². The third kappa shape index (κ3) is 4.56. The van der Waals surface area contributed by atoms with Crippen molar-refractivity contribution in [2.24, 2.45) is 5.92 Å². The number of aliphatic carboxylic acids is 1. The Bertz CT molecular complexity index is 469. The van der Waals surface area contributed by atoms with Crippen LogP contribution in [-0.4, -0.2) is 45.7 Å². The van der Waals surface area contributed by atoms with Crippen molar-refractivity contribution in [3.05, 3.63) is 18.2 Å². The van der Waals surface area contributed by atoms with Crippen LogP contribution in [0.1, 0.15) is 31.9 Å². The number of aromatic amines is 1. The van der Waals surface area contributed by atoms with E-state index in [1.54, 1.807) is 6.20 Å². The quantitative estimate of drug-likeness (QED) is 0.655. The summed E-state index contributed by atoms with van der Waals surface area (Å²) in [7, 11) is 0. The fourth-order valence-electron chi connectivity index (χ4n) is 2.54. The number of carboxylic acids is 1. The first-order valence-corrected chi connectivity index (χ1v) is 7.19. The van der Waals surface area contributed by atoms with Gasteiger partial charge in [-0.25, -0.2) is 9.78 Å². The molecule has 116 valence electrons. The van der Waals surface area contributed by atoms with Crippen LogP contribution in [0, 0.1) is 5.92 Å². The minimum Gasteiger partial charge on any atom is -0.480 e. The molecule has 21 heavy (non-hydrogen) atoms. The normalized spacial score (nSPS) is 22.3. The number of hydrogen-bond acceptors (Lipinski definition) is 4. The summed E-state index contributed by atoms with van der Waals surface area (Å²) in [5, 5.41) is 11.7. The highest BCUT2D eigenvalue weighted by Gasteiger charge is 2.32. The molecule has 1 atom stereocenters. The number of imidazole rings is 1. The van der Waals surface area contributed by atoms with Crippen LogP contribution in [0.15, 0.2) is 12.5 Å². The van der Waals surface area contributed by atoms with Gasteiger partial charge in [-0.3, -0.25) is 4.79 Å². The molecule has 0 bridgehead atoms. The highest BCUT2D eigenvalue weighted by Crippen LogP contribution is 2.32. The number of nitrogens with zero attached hydrogens (tertiary/aromatic N) is 1. The summed E-state index contributed by atoms with van der Waals surface area (Å²) in [5.74, 6) is -0.969. The summed E-state index contributed by atoms with van der Waals surface area (Å²) < 4.78 is 5.44. The number of carboxylic acid groups (broad SMARTS) is 1. The molecule has 1 aliphatic carbocycles. The van der Waals surface area contributed by atoms with E-state index in [0.29, 0.717) is 24.6 Å². The Morgan fingerprint density at radius 1 is 1.57 bits per heavy atom. The Balaban J connectivity index is 1.75. The van der Waals surface area contributed by atoms with Gasteiger partial charge in [0.25, 0.3) is 0 Å². The van der Waals surface area contributed by atoms with Gasteiger partial charge in [0.2, 0.25) is 5.91 Å². The van der Waals surface area contributed by atoms with Crippen LogP contribution < -0.4 is 5.32 Å². The summed E-state index contributed by atoms with van der Waals surface area (Å²) in [5.41, 5.74) is 0.683. The second-order valence-corrected chi connectivity index (χ2v) is 5.36. The average Bonchev–Trinajstić information content (AvgIpc) is 2.88. The maximum atomic E-state index is 11.9. The highest BCUT2D eigenvalue weighted by molar-refractivity contribution is 5.83. The number of carbonyl (C=O) groups excluding carboxylic acids is 1. The fraction of sp³-hybridized carbons (Fsp3) is 0.643. The zero-order chi connectivity index (χ0) is 15.2. The summed E-state index contributed by atoms with van der Waals surface area (Å²) in [4.78, 5) is 29.8. The van der Waals surface area contributed by atoms with Crippen LogP contribution in [0.5, 0.6) is 0 Å². The van der Waals surface area contributed by atoms with Crippen molar-refractivity contribution in [2.75, 3.05) is 6.61 Å². The van der Waals surface area contributed by atoms with Gasteiger partial charge >= 0.3 is 5.97 Å².